The summed E-state index contributed by atoms with van der Waals surface area (Å²) in [5.74, 6) is -0.591. The molecule has 3 saturated heterocycles. The molecule has 7 fully saturated rings. The highest BCUT2D eigenvalue weighted by Crippen LogP contribution is 2.70. The number of hydrogen-bond donors (Lipinski definition) is 11. The fourth-order valence-corrected chi connectivity index (χ4v) is 12.9. The Morgan fingerprint density at radius 2 is 1.45 bits per heavy atom. The molecule has 8 rings (SSSR count). The van der Waals surface area contributed by atoms with Crippen molar-refractivity contribution >= 4 is 5.97 Å². The molecule has 4 aliphatic carbocycles. The molecular formula is C41H64O19. The van der Waals surface area contributed by atoms with E-state index in [-0.39, 0.29) is 49.8 Å². The van der Waals surface area contributed by atoms with Gasteiger partial charge in [0.2, 0.25) is 0 Å². The van der Waals surface area contributed by atoms with Crippen LogP contribution >= 0.6 is 0 Å². The van der Waals surface area contributed by atoms with E-state index in [1.165, 1.54) is 0 Å². The van der Waals surface area contributed by atoms with Crippen LogP contribution in [0.5, 0.6) is 0 Å². The average molecular weight is 861 g/mol. The Hall–Kier alpha value is -1.47. The minimum absolute atomic E-state index is 0.0209. The van der Waals surface area contributed by atoms with E-state index in [0.717, 1.165) is 12.0 Å². The maximum absolute atomic E-state index is 12.6. The third-order valence-electron chi connectivity index (χ3n) is 16.3. The number of esters is 1. The lowest BCUT2D eigenvalue weighted by Gasteiger charge is -2.66. The van der Waals surface area contributed by atoms with Gasteiger partial charge in [0.05, 0.1) is 49.3 Å². The van der Waals surface area contributed by atoms with E-state index in [9.17, 15) is 61.0 Å². The van der Waals surface area contributed by atoms with Gasteiger partial charge in [0.25, 0.3) is 0 Å². The maximum atomic E-state index is 12.6. The van der Waals surface area contributed by atoms with Gasteiger partial charge in [-0.25, -0.2) is 4.79 Å². The van der Waals surface area contributed by atoms with E-state index in [2.05, 4.69) is 6.92 Å². The topological polar surface area (TPSA) is 304 Å². The van der Waals surface area contributed by atoms with Crippen LogP contribution in [0.1, 0.15) is 78.1 Å². The minimum Gasteiger partial charge on any atom is -0.458 e. The van der Waals surface area contributed by atoms with Crippen LogP contribution in [-0.2, 0) is 38.0 Å². The third kappa shape index (κ3) is 7.30. The molecule has 4 saturated carbocycles. The van der Waals surface area contributed by atoms with E-state index in [4.69, 9.17) is 33.2 Å². The van der Waals surface area contributed by atoms with Crippen molar-refractivity contribution in [1.82, 2.24) is 0 Å². The second kappa shape index (κ2) is 16.8. The van der Waals surface area contributed by atoms with Crippen molar-refractivity contribution in [2.45, 2.75) is 181 Å². The number of cyclic esters (lactones) is 1. The van der Waals surface area contributed by atoms with Crippen LogP contribution in [0, 0.1) is 28.6 Å². The number of aliphatic hydroxyl groups is 11. The summed E-state index contributed by atoms with van der Waals surface area (Å²) in [4.78, 5) is 12.0. The molecule has 11 N–H and O–H groups in total. The predicted octanol–water partition coefficient (Wildman–Crippen LogP) is -2.78. The van der Waals surface area contributed by atoms with E-state index in [1.54, 1.807) is 13.0 Å². The average Bonchev–Trinajstić information content (AvgIpc) is 3.76. The second-order valence-corrected chi connectivity index (χ2v) is 19.1. The monoisotopic (exact) mass is 860 g/mol. The number of aliphatic hydroxyl groups excluding tert-OH is 9. The normalized spacial score (nSPS) is 54.4. The predicted molar refractivity (Wildman–Crippen MR) is 200 cm³/mol. The molecular weight excluding hydrogens is 796 g/mol. The van der Waals surface area contributed by atoms with Crippen molar-refractivity contribution < 1.29 is 94.1 Å². The largest absolute Gasteiger partial charge is 0.458 e. The SMILES string of the molecule is C[C@H]1O[C@@H](O[C@H]2CC[C@]3(CO)[C@H]4CC[C@]5(C)[C@@H](C6=CC(=O)OC6)CC[C@]5(O)[C@@H]4CC[C@]3(O)C2)C[C@H](O)[C@H]1O[C@@H]1O[C@H](CO[C@@H]2O[C@H](CO)[C@@H](O)[C@H](O)[C@H]2O)[C@@H](O)[C@H](O)[C@H]1O. The zero-order valence-corrected chi connectivity index (χ0v) is 34.1. The summed E-state index contributed by atoms with van der Waals surface area (Å²) in [7, 11) is 0. The first-order valence-electron chi connectivity index (χ1n) is 21.6. The van der Waals surface area contributed by atoms with Crippen LogP contribution in [0.25, 0.3) is 0 Å². The van der Waals surface area contributed by atoms with Gasteiger partial charge < -0.3 is 89.3 Å². The van der Waals surface area contributed by atoms with Crippen molar-refractivity contribution in [3.05, 3.63) is 11.6 Å². The summed E-state index contributed by atoms with van der Waals surface area (Å²) < 4.78 is 40.3. The molecule has 342 valence electrons. The van der Waals surface area contributed by atoms with Gasteiger partial charge in [-0.2, -0.15) is 0 Å². The third-order valence-corrected chi connectivity index (χ3v) is 16.3. The number of rotatable bonds is 10. The molecule has 19 heteroatoms. The number of hydrogen-bond acceptors (Lipinski definition) is 19. The van der Waals surface area contributed by atoms with Crippen molar-refractivity contribution in [2.75, 3.05) is 26.4 Å². The summed E-state index contributed by atoms with van der Waals surface area (Å²) in [5.41, 5.74) is -2.69. The van der Waals surface area contributed by atoms with Gasteiger partial charge in [-0.1, -0.05) is 6.92 Å². The van der Waals surface area contributed by atoms with Crippen molar-refractivity contribution in [1.29, 1.82) is 0 Å². The summed E-state index contributed by atoms with van der Waals surface area (Å²) in [6, 6.07) is 0. The molecule has 60 heavy (non-hydrogen) atoms. The number of ether oxygens (including phenoxy) is 7. The summed E-state index contributed by atoms with van der Waals surface area (Å²) >= 11 is 0. The molecule has 8 aliphatic rings. The molecule has 4 heterocycles. The van der Waals surface area contributed by atoms with Crippen molar-refractivity contribution in [3.8, 4) is 0 Å². The lowest BCUT2D eigenvalue weighted by Crippen LogP contribution is -2.69. The van der Waals surface area contributed by atoms with Crippen LogP contribution < -0.4 is 0 Å². The van der Waals surface area contributed by atoms with Crippen molar-refractivity contribution in [3.63, 3.8) is 0 Å². The van der Waals surface area contributed by atoms with Gasteiger partial charge in [0, 0.05) is 29.7 Å². The molecule has 0 amide bonds. The Balaban J connectivity index is 0.871. The van der Waals surface area contributed by atoms with Crippen LogP contribution in [0.15, 0.2) is 11.6 Å². The van der Waals surface area contributed by atoms with Crippen LogP contribution in [-0.4, -0.2) is 192 Å². The zero-order chi connectivity index (χ0) is 43.1. The van der Waals surface area contributed by atoms with Gasteiger partial charge >= 0.3 is 5.97 Å². The molecule has 0 spiro atoms. The minimum atomic E-state index is -1.79. The van der Waals surface area contributed by atoms with Gasteiger partial charge in [-0.05, 0) is 81.6 Å². The quantitative estimate of drug-likeness (QED) is 0.0782. The van der Waals surface area contributed by atoms with E-state index >= 15 is 0 Å². The van der Waals surface area contributed by atoms with Gasteiger partial charge in [0.1, 0.15) is 61.5 Å². The Morgan fingerprint density at radius 1 is 0.767 bits per heavy atom. The number of carbonyl (C=O) groups excluding carboxylic acids is 1. The Labute approximate surface area is 347 Å². The van der Waals surface area contributed by atoms with Crippen LogP contribution in [0.2, 0.25) is 0 Å². The fourth-order valence-electron chi connectivity index (χ4n) is 12.9. The Kier molecular flexibility index (Phi) is 12.7. The first-order chi connectivity index (χ1) is 28.4. The molecule has 19 nitrogen and oxygen atoms in total. The number of fused-ring (bicyclic) bond motifs is 5. The van der Waals surface area contributed by atoms with Gasteiger partial charge in [-0.3, -0.25) is 0 Å². The highest BCUT2D eigenvalue weighted by atomic mass is 16.7. The summed E-state index contributed by atoms with van der Waals surface area (Å²) in [5, 5.41) is 120. The van der Waals surface area contributed by atoms with Gasteiger partial charge in [-0.15, -0.1) is 0 Å². The highest BCUT2D eigenvalue weighted by molar-refractivity contribution is 5.85. The molecule has 0 aromatic rings. The standard InChI is InChI=1S/C41H64O19/c1-18-35(60-37-34(51)32(49)30(47)26(59-37)16-55-36-33(50)31(48)29(46)25(14-42)58-36)24(44)12-28(56-18)57-20-3-8-39(17-43)22-4-7-38(2)21(19-11-27(45)54-15-19)6-10-41(38,53)23(22)5-9-40(39,52)13-20/h11,18,20-26,28-37,42-44,46-53H,3-10,12-17H2,1-2H3/t18-,20+,21-,22+,23-,24+,25-,26-,28+,29-,30-,31+,32+,33-,34-,35+,36-,37+,38-,39+,40+,41+/m1/s1. The smallest absolute Gasteiger partial charge is 0.331 e. The molecule has 0 aromatic carbocycles. The summed E-state index contributed by atoms with van der Waals surface area (Å²) in [6.45, 7) is 2.52. The highest BCUT2D eigenvalue weighted by Gasteiger charge is 2.71. The lowest BCUT2D eigenvalue weighted by atomic mass is 9.41. The lowest BCUT2D eigenvalue weighted by molar-refractivity contribution is -0.355. The molecule has 0 radical (unpaired) electrons. The van der Waals surface area contributed by atoms with E-state index in [0.29, 0.717) is 44.9 Å². The fraction of sp³-hybridized carbons (Fsp3) is 0.927. The first-order valence-corrected chi connectivity index (χ1v) is 21.6. The van der Waals surface area contributed by atoms with E-state index < -0.39 is 127 Å². The number of carbonyl (C=O) groups is 1. The Bertz CT molecular complexity index is 1570. The molecule has 0 bridgehead atoms. The first kappa shape index (κ1) is 45.1. The molecule has 4 aliphatic heterocycles. The zero-order valence-electron chi connectivity index (χ0n) is 34.1. The molecule has 0 unspecified atom stereocenters. The van der Waals surface area contributed by atoms with Crippen LogP contribution in [0.4, 0.5) is 0 Å². The summed E-state index contributed by atoms with van der Waals surface area (Å²) in [6.07, 6.45) is -14.2. The van der Waals surface area contributed by atoms with Crippen molar-refractivity contribution in [2.24, 2.45) is 28.6 Å². The Morgan fingerprint density at radius 3 is 2.12 bits per heavy atom. The molecule has 22 atom stereocenters. The van der Waals surface area contributed by atoms with Gasteiger partial charge in [0.15, 0.2) is 18.9 Å². The van der Waals surface area contributed by atoms with E-state index in [1.807, 2.05) is 0 Å². The second-order valence-electron chi connectivity index (χ2n) is 19.1. The van der Waals surface area contributed by atoms with Crippen LogP contribution in [0.3, 0.4) is 0 Å². The maximum Gasteiger partial charge on any atom is 0.331 e. The molecule has 0 aromatic heterocycles.